The first-order chi connectivity index (χ1) is 11.1. The molecule has 0 N–H and O–H groups in total. The van der Waals surface area contributed by atoms with Crippen molar-refractivity contribution < 1.29 is 9.53 Å². The van der Waals surface area contributed by atoms with E-state index >= 15 is 0 Å². The maximum Gasteiger partial charge on any atom is 0.254 e. The summed E-state index contributed by atoms with van der Waals surface area (Å²) in [5.41, 5.74) is 0.682. The molecule has 0 radical (unpaired) electrons. The van der Waals surface area contributed by atoms with E-state index in [-0.39, 0.29) is 12.0 Å². The minimum absolute atomic E-state index is 0.0282. The number of nitrogens with zero attached hydrogens (tertiary/aromatic N) is 2. The molecule has 1 fully saturated rings. The first-order valence-electron chi connectivity index (χ1n) is 7.44. The van der Waals surface area contributed by atoms with E-state index in [1.54, 1.807) is 18.5 Å². The van der Waals surface area contributed by atoms with Gasteiger partial charge in [-0.25, -0.2) is 0 Å². The molecule has 2 aromatic rings. The van der Waals surface area contributed by atoms with E-state index in [1.807, 2.05) is 29.2 Å². The summed E-state index contributed by atoms with van der Waals surface area (Å²) in [5.74, 6) is 0.642. The van der Waals surface area contributed by atoms with Gasteiger partial charge in [-0.05, 0) is 31.0 Å². The molecule has 1 aromatic carbocycles. The monoisotopic (exact) mass is 394 g/mol. The molecule has 3 rings (SSSR count). The van der Waals surface area contributed by atoms with Gasteiger partial charge in [0.05, 0.1) is 6.54 Å². The zero-order chi connectivity index (χ0) is 16.2. The number of piperidine rings is 1. The van der Waals surface area contributed by atoms with Gasteiger partial charge in [0.1, 0.15) is 16.9 Å². The van der Waals surface area contributed by atoms with Crippen LogP contribution in [0.5, 0.6) is 5.75 Å². The number of hydrogen-bond donors (Lipinski definition) is 0. The molecule has 1 saturated heterocycles. The van der Waals surface area contributed by atoms with Crippen LogP contribution < -0.4 is 4.74 Å². The number of benzene rings is 1. The molecule has 0 unspecified atom stereocenters. The van der Waals surface area contributed by atoms with Gasteiger partial charge in [-0.15, -0.1) is 0 Å². The molecule has 1 aliphatic heterocycles. The van der Waals surface area contributed by atoms with E-state index in [4.69, 9.17) is 16.3 Å². The second-order valence-electron chi connectivity index (χ2n) is 5.45. The van der Waals surface area contributed by atoms with Gasteiger partial charge >= 0.3 is 0 Å². The highest BCUT2D eigenvalue weighted by Crippen LogP contribution is 2.26. The Morgan fingerprint density at radius 1 is 1.39 bits per heavy atom. The SMILES string of the molecule is O=C(c1cccc(Br)c1)N1CCC[C@H](Oc2ccncc2Cl)C1. The molecule has 0 saturated carbocycles. The fourth-order valence-corrected chi connectivity index (χ4v) is 3.22. The highest BCUT2D eigenvalue weighted by Gasteiger charge is 2.26. The summed E-state index contributed by atoms with van der Waals surface area (Å²) in [5, 5.41) is 0.489. The number of rotatable bonds is 3. The van der Waals surface area contributed by atoms with Gasteiger partial charge in [-0.3, -0.25) is 9.78 Å². The van der Waals surface area contributed by atoms with E-state index in [1.165, 1.54) is 0 Å². The molecular formula is C17H16BrClN2O2. The Morgan fingerprint density at radius 2 is 2.26 bits per heavy atom. The lowest BCUT2D eigenvalue weighted by molar-refractivity contribution is 0.0538. The molecule has 120 valence electrons. The van der Waals surface area contributed by atoms with Crippen molar-refractivity contribution in [3.63, 3.8) is 0 Å². The Labute approximate surface area is 148 Å². The maximum absolute atomic E-state index is 12.6. The van der Waals surface area contributed by atoms with Crippen molar-refractivity contribution in [2.75, 3.05) is 13.1 Å². The summed E-state index contributed by atoms with van der Waals surface area (Å²) < 4.78 is 6.85. The average molecular weight is 396 g/mol. The summed E-state index contributed by atoms with van der Waals surface area (Å²) in [7, 11) is 0. The number of ether oxygens (including phenoxy) is 1. The normalized spacial score (nSPS) is 17.8. The first kappa shape index (κ1) is 16.3. The zero-order valence-electron chi connectivity index (χ0n) is 12.4. The molecule has 0 aliphatic carbocycles. The van der Waals surface area contributed by atoms with Crippen LogP contribution in [-0.2, 0) is 0 Å². The van der Waals surface area contributed by atoms with Crippen molar-refractivity contribution in [1.82, 2.24) is 9.88 Å². The maximum atomic E-state index is 12.6. The van der Waals surface area contributed by atoms with Gasteiger partial charge in [0.2, 0.25) is 0 Å². The summed E-state index contributed by atoms with van der Waals surface area (Å²) in [6.45, 7) is 1.30. The third-order valence-electron chi connectivity index (χ3n) is 3.77. The van der Waals surface area contributed by atoms with E-state index in [2.05, 4.69) is 20.9 Å². The number of halogens is 2. The Bertz CT molecular complexity index is 710. The fraction of sp³-hybridized carbons (Fsp3) is 0.294. The quantitative estimate of drug-likeness (QED) is 0.783. The van der Waals surface area contributed by atoms with Crippen LogP contribution in [-0.4, -0.2) is 35.0 Å². The predicted octanol–water partition coefficient (Wildman–Crippen LogP) is 4.18. The van der Waals surface area contributed by atoms with Crippen LogP contribution in [0.2, 0.25) is 5.02 Å². The number of carbonyl (C=O) groups excluding carboxylic acids is 1. The van der Waals surface area contributed by atoms with Gasteiger partial charge in [0.15, 0.2) is 0 Å². The molecule has 2 heterocycles. The zero-order valence-corrected chi connectivity index (χ0v) is 14.8. The van der Waals surface area contributed by atoms with Gasteiger partial charge in [-0.1, -0.05) is 33.6 Å². The fourth-order valence-electron chi connectivity index (χ4n) is 2.66. The van der Waals surface area contributed by atoms with Crippen LogP contribution in [0.1, 0.15) is 23.2 Å². The number of aromatic nitrogens is 1. The molecule has 1 aliphatic rings. The highest BCUT2D eigenvalue weighted by molar-refractivity contribution is 9.10. The lowest BCUT2D eigenvalue weighted by Gasteiger charge is -2.33. The summed E-state index contributed by atoms with van der Waals surface area (Å²) in [6, 6.07) is 9.19. The van der Waals surface area contributed by atoms with Crippen LogP contribution in [0, 0.1) is 0 Å². The number of hydrogen-bond acceptors (Lipinski definition) is 3. The molecule has 1 amide bonds. The third kappa shape index (κ3) is 4.03. The van der Waals surface area contributed by atoms with Crippen LogP contribution in [0.4, 0.5) is 0 Å². The first-order valence-corrected chi connectivity index (χ1v) is 8.61. The van der Waals surface area contributed by atoms with Gasteiger partial charge in [0.25, 0.3) is 5.91 Å². The van der Waals surface area contributed by atoms with Crippen molar-refractivity contribution >= 4 is 33.4 Å². The highest BCUT2D eigenvalue weighted by atomic mass is 79.9. The lowest BCUT2D eigenvalue weighted by atomic mass is 10.1. The predicted molar refractivity (Wildman–Crippen MR) is 92.9 cm³/mol. The molecule has 6 heteroatoms. The summed E-state index contributed by atoms with van der Waals surface area (Å²) in [6.07, 6.45) is 4.96. The molecular weight excluding hydrogens is 380 g/mol. The topological polar surface area (TPSA) is 42.4 Å². The molecule has 23 heavy (non-hydrogen) atoms. The largest absolute Gasteiger partial charge is 0.487 e. The smallest absolute Gasteiger partial charge is 0.254 e. The van der Waals surface area contributed by atoms with Crippen LogP contribution >= 0.6 is 27.5 Å². The van der Waals surface area contributed by atoms with Gasteiger partial charge in [0, 0.05) is 35.0 Å². The molecule has 4 nitrogen and oxygen atoms in total. The van der Waals surface area contributed by atoms with E-state index in [0.717, 1.165) is 23.9 Å². The Kier molecular flexibility index (Phi) is 5.18. The summed E-state index contributed by atoms with van der Waals surface area (Å²) >= 11 is 9.48. The number of amides is 1. The second-order valence-corrected chi connectivity index (χ2v) is 6.77. The van der Waals surface area contributed by atoms with Crippen molar-refractivity contribution in [2.45, 2.75) is 18.9 Å². The summed E-state index contributed by atoms with van der Waals surface area (Å²) in [4.78, 5) is 18.4. The Morgan fingerprint density at radius 3 is 3.04 bits per heavy atom. The number of likely N-dealkylation sites (tertiary alicyclic amines) is 1. The molecule has 0 spiro atoms. The van der Waals surface area contributed by atoms with Crippen molar-refractivity contribution in [3.8, 4) is 5.75 Å². The van der Waals surface area contributed by atoms with Crippen molar-refractivity contribution in [2.24, 2.45) is 0 Å². The minimum atomic E-state index is -0.0558. The second kappa shape index (κ2) is 7.32. The third-order valence-corrected chi connectivity index (χ3v) is 4.54. The van der Waals surface area contributed by atoms with Crippen LogP contribution in [0.3, 0.4) is 0 Å². The average Bonchev–Trinajstić information content (AvgIpc) is 2.56. The van der Waals surface area contributed by atoms with Crippen LogP contribution in [0.15, 0.2) is 47.2 Å². The van der Waals surface area contributed by atoms with Crippen LogP contribution in [0.25, 0.3) is 0 Å². The standard InChI is InChI=1S/C17H16BrClN2O2/c18-13-4-1-3-12(9-13)17(22)21-8-2-5-14(11-21)23-16-6-7-20-10-15(16)19/h1,3-4,6-7,9-10,14H,2,5,8,11H2/t14-/m0/s1. The molecule has 1 aromatic heterocycles. The minimum Gasteiger partial charge on any atom is -0.487 e. The van der Waals surface area contributed by atoms with E-state index < -0.39 is 0 Å². The van der Waals surface area contributed by atoms with Crippen molar-refractivity contribution in [3.05, 3.63) is 57.8 Å². The molecule has 1 atom stereocenters. The van der Waals surface area contributed by atoms with E-state index in [9.17, 15) is 4.79 Å². The van der Waals surface area contributed by atoms with Gasteiger partial charge in [-0.2, -0.15) is 0 Å². The Balaban J connectivity index is 1.68. The van der Waals surface area contributed by atoms with Gasteiger partial charge < -0.3 is 9.64 Å². The Hall–Kier alpha value is -1.59. The van der Waals surface area contributed by atoms with E-state index in [0.29, 0.717) is 22.9 Å². The number of pyridine rings is 1. The molecule has 0 bridgehead atoms. The van der Waals surface area contributed by atoms with Crippen molar-refractivity contribution in [1.29, 1.82) is 0 Å². The number of carbonyl (C=O) groups is 1. The lowest BCUT2D eigenvalue weighted by Crippen LogP contribution is -2.44.